The van der Waals surface area contributed by atoms with Gasteiger partial charge in [0.1, 0.15) is 0 Å². The van der Waals surface area contributed by atoms with E-state index in [2.05, 4.69) is 0 Å². The van der Waals surface area contributed by atoms with E-state index in [1.807, 2.05) is 0 Å². The van der Waals surface area contributed by atoms with E-state index in [9.17, 15) is 17.0 Å². The zero-order valence-electron chi connectivity index (χ0n) is 3.04. The van der Waals surface area contributed by atoms with Crippen molar-refractivity contribution in [2.75, 3.05) is 0 Å². The Morgan fingerprint density at radius 2 is 1.71 bits per heavy atom. The molecule has 0 aromatic carbocycles. The molecule has 0 amide bonds. The summed E-state index contributed by atoms with van der Waals surface area (Å²) in [4.78, 5) is 0.704. The predicted octanol–water partition coefficient (Wildman–Crippen LogP) is 1.67. The number of rotatable bonds is 2. The van der Waals surface area contributed by atoms with E-state index in [1.54, 1.807) is 0 Å². The maximum atomic E-state index is 10.8. The van der Waals surface area contributed by atoms with E-state index in [4.69, 9.17) is 0 Å². The van der Waals surface area contributed by atoms with E-state index in [-0.39, 0.29) is 0 Å². The maximum Gasteiger partial charge on any atom is 0.641 e. The van der Waals surface area contributed by atoms with Crippen LogP contribution in [-0.4, -0.2) is 7.40 Å². The van der Waals surface area contributed by atoms with Gasteiger partial charge in [-0.15, -0.1) is 0 Å². The first kappa shape index (κ1) is 7.17. The monoisotopic (exact) mass is 133 g/mol. The Balaban J connectivity index is 2.95. The van der Waals surface area contributed by atoms with E-state index >= 15 is 0 Å². The molecule has 0 fully saturated rings. The Morgan fingerprint density at radius 3 is 1.71 bits per heavy atom. The average molecular weight is 133 g/mol. The Morgan fingerprint density at radius 1 is 1.29 bits per heavy atom. The zero-order chi connectivity index (χ0) is 5.86. The van der Waals surface area contributed by atoms with Crippen LogP contribution in [0.5, 0.6) is 0 Å². The van der Waals surface area contributed by atoms with Gasteiger partial charge in [-0.2, -0.15) is 8.39 Å². The summed E-state index contributed by atoms with van der Waals surface area (Å²) in [6.07, 6.45) is 0. The third kappa shape index (κ3) is 6.17. The second kappa shape index (κ2) is 3.21. The van der Waals surface area contributed by atoms with Crippen molar-refractivity contribution in [2.24, 2.45) is 0 Å². The molecule has 0 aliphatic rings. The fraction of sp³-hybridized carbons (Fsp3) is 0. The molecule has 0 unspecified atom stereocenters. The molecule has 0 heterocycles. The molecule has 0 saturated carbocycles. The van der Waals surface area contributed by atoms with Crippen LogP contribution < -0.4 is 5.00 Å². The van der Waals surface area contributed by atoms with Crippen LogP contribution in [0.1, 0.15) is 0 Å². The number of hydrogen-bond donors (Lipinski definition) is 1. The molecule has 0 aliphatic heterocycles. The van der Waals surface area contributed by atoms with Gasteiger partial charge in [-0.1, -0.05) is 0 Å². The highest BCUT2D eigenvalue weighted by molar-refractivity contribution is 7.46. The first-order valence-corrected chi connectivity index (χ1v) is 2.41. The quantitative estimate of drug-likeness (QED) is 0.343. The van der Waals surface area contributed by atoms with Gasteiger partial charge in [0.05, 0.1) is 0 Å². The summed E-state index contributed by atoms with van der Waals surface area (Å²) in [5.41, 5.74) is 0. The topological polar surface area (TPSA) is 12.0 Å². The standard InChI is InChI=1S/BF4HNP/c2-1(3)6-7(4)5/h6H. The lowest BCUT2D eigenvalue weighted by Crippen LogP contribution is -2.16. The summed E-state index contributed by atoms with van der Waals surface area (Å²) in [6.45, 7) is 0. The molecule has 0 atom stereocenters. The molecule has 0 saturated heterocycles. The first-order valence-electron chi connectivity index (χ1n) is 1.29. The van der Waals surface area contributed by atoms with Crippen LogP contribution in [0, 0.1) is 0 Å². The molecule has 0 radical (unpaired) electrons. The van der Waals surface area contributed by atoms with Crippen molar-refractivity contribution in [1.29, 1.82) is 0 Å². The summed E-state index contributed by atoms with van der Waals surface area (Å²) < 4.78 is 42.9. The zero-order valence-corrected chi connectivity index (χ0v) is 3.93. The van der Waals surface area contributed by atoms with Gasteiger partial charge in [0.25, 0.3) is 0 Å². The fourth-order valence-electron chi connectivity index (χ4n) is 0.0738. The molecule has 7 heavy (non-hydrogen) atoms. The van der Waals surface area contributed by atoms with Gasteiger partial charge in [-0.3, -0.25) is 8.63 Å². The molecule has 0 spiro atoms. The second-order valence-corrected chi connectivity index (χ2v) is 1.39. The summed E-state index contributed by atoms with van der Waals surface area (Å²) in [5.74, 6) is 0. The van der Waals surface area contributed by atoms with Crippen LogP contribution in [0.25, 0.3) is 0 Å². The minimum absolute atomic E-state index is 0.704. The Hall–Kier alpha value is 0.175. The largest absolute Gasteiger partial charge is 0.641 e. The molecule has 1 nitrogen and oxygen atoms in total. The summed E-state index contributed by atoms with van der Waals surface area (Å²) in [7, 11) is -6.74. The highest BCUT2D eigenvalue weighted by atomic mass is 31.2. The molecule has 1 N–H and O–H groups in total. The number of nitrogens with one attached hydrogen (secondary N) is 1. The van der Waals surface area contributed by atoms with Crippen LogP contribution in [0.3, 0.4) is 0 Å². The molecule has 7 heteroatoms. The van der Waals surface area contributed by atoms with Crippen LogP contribution in [0.15, 0.2) is 0 Å². The maximum absolute atomic E-state index is 10.8. The third-order valence-corrected chi connectivity index (χ3v) is 0.586. The van der Waals surface area contributed by atoms with Crippen molar-refractivity contribution in [2.45, 2.75) is 0 Å². The van der Waals surface area contributed by atoms with Crippen LogP contribution in [-0.2, 0) is 0 Å². The van der Waals surface area contributed by atoms with Crippen molar-refractivity contribution in [3.63, 3.8) is 0 Å². The molecule has 0 aromatic heterocycles. The lowest BCUT2D eigenvalue weighted by molar-refractivity contribution is 0.633. The molecule has 42 valence electrons. The number of hydrogen-bond acceptors (Lipinski definition) is 1. The third-order valence-electron chi connectivity index (χ3n) is 0.195. The van der Waals surface area contributed by atoms with Crippen molar-refractivity contribution in [1.82, 2.24) is 5.00 Å². The highest BCUT2D eigenvalue weighted by Crippen LogP contribution is 2.33. The predicted molar refractivity (Wildman–Crippen MR) is 20.2 cm³/mol. The van der Waals surface area contributed by atoms with E-state index < -0.39 is 16.1 Å². The fourth-order valence-corrected chi connectivity index (χ4v) is 0.221. The Kier molecular flexibility index (Phi) is 3.29. The Labute approximate surface area is 39.3 Å². The van der Waals surface area contributed by atoms with E-state index in [0.29, 0.717) is 5.00 Å². The van der Waals surface area contributed by atoms with Crippen molar-refractivity contribution in [3.05, 3.63) is 0 Å². The lowest BCUT2D eigenvalue weighted by atomic mass is 10.3. The average Bonchev–Trinajstić information content (AvgIpc) is 1.27. The van der Waals surface area contributed by atoms with E-state index in [0.717, 1.165) is 0 Å². The minimum Gasteiger partial charge on any atom is -0.269 e. The van der Waals surface area contributed by atoms with Crippen LogP contribution in [0.4, 0.5) is 17.0 Å². The van der Waals surface area contributed by atoms with Gasteiger partial charge < -0.3 is 0 Å². The molecular formula is HBF4NP. The molecule has 0 rings (SSSR count). The molecular weight excluding hydrogens is 132 g/mol. The van der Waals surface area contributed by atoms with Crippen molar-refractivity contribution in [3.8, 4) is 0 Å². The van der Waals surface area contributed by atoms with Gasteiger partial charge in [0.2, 0.25) is 0 Å². The number of halogens is 4. The smallest absolute Gasteiger partial charge is 0.269 e. The normalized spacial score (nSPS) is 9.86. The summed E-state index contributed by atoms with van der Waals surface area (Å²) in [6, 6.07) is 0. The highest BCUT2D eigenvalue weighted by Gasteiger charge is 2.18. The first-order chi connectivity index (χ1) is 3.13. The minimum atomic E-state index is -3.64. The van der Waals surface area contributed by atoms with E-state index in [1.165, 1.54) is 0 Å². The Bertz CT molecular complexity index is 41.0. The molecule has 0 aromatic rings. The van der Waals surface area contributed by atoms with Gasteiger partial charge in [-0.05, 0) is 0 Å². The SMILES string of the molecule is FB(F)NP(F)F. The van der Waals surface area contributed by atoms with Gasteiger partial charge in [0, 0.05) is 0 Å². The molecule has 0 aliphatic carbocycles. The van der Waals surface area contributed by atoms with Crippen molar-refractivity contribution >= 4 is 16.1 Å². The van der Waals surface area contributed by atoms with Crippen LogP contribution in [0.2, 0.25) is 0 Å². The van der Waals surface area contributed by atoms with Crippen LogP contribution >= 0.6 is 8.69 Å². The van der Waals surface area contributed by atoms with Gasteiger partial charge >= 0.3 is 16.1 Å². The van der Waals surface area contributed by atoms with Gasteiger partial charge in [0.15, 0.2) is 0 Å². The molecule has 0 bridgehead atoms. The summed E-state index contributed by atoms with van der Waals surface area (Å²) in [5, 5.41) is 0. The summed E-state index contributed by atoms with van der Waals surface area (Å²) >= 11 is 0. The lowest BCUT2D eigenvalue weighted by Gasteiger charge is -1.90. The van der Waals surface area contributed by atoms with Crippen molar-refractivity contribution < 1.29 is 17.0 Å². The van der Waals surface area contributed by atoms with Gasteiger partial charge in [-0.25, -0.2) is 5.00 Å². The second-order valence-electron chi connectivity index (χ2n) is 0.663.